The summed E-state index contributed by atoms with van der Waals surface area (Å²) < 4.78 is 17.4. The maximum Gasteiger partial charge on any atom is 0.358 e. The highest BCUT2D eigenvalue weighted by Crippen LogP contribution is 2.62. The molecule has 2 bridgehead atoms. The molecule has 0 saturated heterocycles. The lowest BCUT2D eigenvalue weighted by atomic mass is 9.48. The van der Waals surface area contributed by atoms with Crippen molar-refractivity contribution in [1.82, 2.24) is 10.3 Å². The standard InChI is InChI=1S/C41H58N4O6/c1-27(43-26-40(8)23-39(7)21-38(5,6)22-41(24-39,25-40)50-18-17-46)31(19-42)29-13-14-33(44-34(29)36(48)51-37(2,3)4)45-16-15-28-11-10-12-30(32(28)20-45)35(47)49-9/h10-14,19,42-43,46H,15-18,20-26H2,1-9H3/b31-27+,42-19?. The lowest BCUT2D eigenvalue weighted by molar-refractivity contribution is -0.193. The third-order valence-corrected chi connectivity index (χ3v) is 10.7. The van der Waals surface area contributed by atoms with Gasteiger partial charge in [0, 0.05) is 42.7 Å². The van der Waals surface area contributed by atoms with Crippen molar-refractivity contribution in [2.24, 2.45) is 16.2 Å². The molecular weight excluding hydrogens is 644 g/mol. The van der Waals surface area contributed by atoms with E-state index in [1.807, 2.05) is 52.0 Å². The third kappa shape index (κ3) is 8.66. The summed E-state index contributed by atoms with van der Waals surface area (Å²) in [6.07, 6.45) is 6.95. The Labute approximate surface area is 303 Å². The van der Waals surface area contributed by atoms with E-state index >= 15 is 0 Å². The maximum atomic E-state index is 13.8. The van der Waals surface area contributed by atoms with Gasteiger partial charge in [0.25, 0.3) is 0 Å². The molecule has 1 aromatic carbocycles. The van der Waals surface area contributed by atoms with Crippen LogP contribution in [0.2, 0.25) is 0 Å². The zero-order chi connectivity index (χ0) is 37.4. The molecule has 2 heterocycles. The average molecular weight is 703 g/mol. The Balaban J connectivity index is 1.46. The smallest absolute Gasteiger partial charge is 0.358 e. The number of anilines is 1. The normalized spacial score (nSPS) is 26.0. The van der Waals surface area contributed by atoms with Crippen LogP contribution >= 0.6 is 0 Å². The van der Waals surface area contributed by atoms with Crippen LogP contribution in [-0.4, -0.2) is 72.9 Å². The molecular formula is C41H58N4O6. The summed E-state index contributed by atoms with van der Waals surface area (Å²) in [6.45, 7) is 18.9. The Hall–Kier alpha value is -3.76. The fourth-order valence-corrected chi connectivity index (χ4v) is 9.88. The quantitative estimate of drug-likeness (QED) is 0.165. The van der Waals surface area contributed by atoms with Gasteiger partial charge in [-0.15, -0.1) is 0 Å². The molecule has 2 aromatic rings. The Morgan fingerprint density at radius 1 is 1.02 bits per heavy atom. The van der Waals surface area contributed by atoms with Crippen molar-refractivity contribution in [3.8, 4) is 0 Å². The van der Waals surface area contributed by atoms with E-state index in [-0.39, 0.29) is 40.1 Å². The number of esters is 2. The van der Waals surface area contributed by atoms with Crippen molar-refractivity contribution >= 4 is 29.5 Å². The van der Waals surface area contributed by atoms with E-state index in [9.17, 15) is 14.7 Å². The molecule has 10 nitrogen and oxygen atoms in total. The number of fused-ring (bicyclic) bond motifs is 3. The first kappa shape index (κ1) is 38.5. The van der Waals surface area contributed by atoms with Gasteiger partial charge in [-0.1, -0.05) is 39.8 Å². The van der Waals surface area contributed by atoms with Gasteiger partial charge in [0.15, 0.2) is 5.69 Å². The van der Waals surface area contributed by atoms with Gasteiger partial charge in [-0.3, -0.25) is 0 Å². The highest BCUT2D eigenvalue weighted by Gasteiger charge is 2.57. The van der Waals surface area contributed by atoms with Crippen LogP contribution in [0.1, 0.15) is 125 Å². The van der Waals surface area contributed by atoms with Gasteiger partial charge in [0.05, 0.1) is 31.5 Å². The molecule has 0 radical (unpaired) electrons. The number of nitrogens with one attached hydrogen (secondary N) is 2. The van der Waals surface area contributed by atoms with Gasteiger partial charge < -0.3 is 34.9 Å². The van der Waals surface area contributed by atoms with Gasteiger partial charge in [-0.2, -0.15) is 0 Å². The molecule has 2 fully saturated rings. The Morgan fingerprint density at radius 3 is 2.43 bits per heavy atom. The number of hydrogen-bond donors (Lipinski definition) is 3. The van der Waals surface area contributed by atoms with Crippen LogP contribution in [0.3, 0.4) is 0 Å². The number of aliphatic hydroxyl groups is 1. The van der Waals surface area contributed by atoms with E-state index < -0.39 is 11.6 Å². The Bertz CT molecular complexity index is 1690. The molecule has 1 aromatic heterocycles. The van der Waals surface area contributed by atoms with Crippen molar-refractivity contribution in [2.45, 2.75) is 112 Å². The number of carbonyl (C=O) groups excluding carboxylic acids is 2. The van der Waals surface area contributed by atoms with Crippen molar-refractivity contribution in [1.29, 1.82) is 5.41 Å². The molecule has 5 rings (SSSR count). The molecule has 278 valence electrons. The van der Waals surface area contributed by atoms with Crippen molar-refractivity contribution in [2.75, 3.05) is 38.3 Å². The minimum Gasteiger partial charge on any atom is -0.465 e. The fourth-order valence-electron chi connectivity index (χ4n) is 9.88. The average Bonchev–Trinajstić information content (AvgIpc) is 3.03. The van der Waals surface area contributed by atoms with Gasteiger partial charge in [0.2, 0.25) is 0 Å². The molecule has 0 spiro atoms. The molecule has 3 unspecified atom stereocenters. The number of rotatable bonds is 11. The summed E-state index contributed by atoms with van der Waals surface area (Å²) in [6, 6.07) is 9.40. The number of ether oxygens (including phenoxy) is 3. The van der Waals surface area contributed by atoms with Crippen LogP contribution in [0.15, 0.2) is 36.0 Å². The summed E-state index contributed by atoms with van der Waals surface area (Å²) in [7, 11) is 1.38. The summed E-state index contributed by atoms with van der Waals surface area (Å²) in [4.78, 5) is 33.3. The number of nitrogens with zero attached hydrogens (tertiary/aromatic N) is 2. The zero-order valence-electron chi connectivity index (χ0n) is 32.1. The van der Waals surface area contributed by atoms with Gasteiger partial charge in [-0.25, -0.2) is 14.6 Å². The molecule has 2 saturated carbocycles. The van der Waals surface area contributed by atoms with Gasteiger partial charge in [-0.05, 0) is 112 Å². The van der Waals surface area contributed by atoms with Crippen LogP contribution in [0, 0.1) is 21.7 Å². The molecule has 3 aliphatic rings. The molecule has 0 amide bonds. The molecule has 2 aliphatic carbocycles. The fraction of sp³-hybridized carbons (Fsp3) is 0.610. The molecule has 3 N–H and O–H groups in total. The van der Waals surface area contributed by atoms with Crippen LogP contribution in [-0.2, 0) is 27.2 Å². The molecule has 1 aliphatic heterocycles. The van der Waals surface area contributed by atoms with Crippen LogP contribution in [0.5, 0.6) is 0 Å². The number of pyridine rings is 1. The summed E-state index contributed by atoms with van der Waals surface area (Å²) in [5.74, 6) is -0.360. The first-order valence-electron chi connectivity index (χ1n) is 18.2. The monoisotopic (exact) mass is 702 g/mol. The van der Waals surface area contributed by atoms with Crippen LogP contribution in [0.4, 0.5) is 5.82 Å². The lowest BCUT2D eigenvalue weighted by Crippen LogP contribution is -2.58. The number of methoxy groups -OCH3 is 1. The van der Waals surface area contributed by atoms with E-state index in [1.54, 1.807) is 6.07 Å². The minimum absolute atomic E-state index is 0.00475. The number of hydrogen-bond acceptors (Lipinski definition) is 10. The zero-order valence-corrected chi connectivity index (χ0v) is 32.1. The van der Waals surface area contributed by atoms with Gasteiger partial charge >= 0.3 is 11.9 Å². The minimum atomic E-state index is -0.750. The highest BCUT2D eigenvalue weighted by atomic mass is 16.6. The third-order valence-electron chi connectivity index (χ3n) is 10.7. The number of carbonyl (C=O) groups is 2. The molecule has 3 atom stereocenters. The van der Waals surface area contributed by atoms with Gasteiger partial charge in [0.1, 0.15) is 11.4 Å². The van der Waals surface area contributed by atoms with Crippen molar-refractivity contribution in [3.05, 3.63) is 64.0 Å². The van der Waals surface area contributed by atoms with E-state index in [1.165, 1.54) is 13.3 Å². The van der Waals surface area contributed by atoms with E-state index in [4.69, 9.17) is 24.6 Å². The SMILES string of the molecule is COC(=O)c1cccc2c1CN(c1ccc(/C(C=N)=C(\C)NCC3(C)CC4(C)CC(C)(C)CC(OCCO)(C3)C4)c(C(=O)OC(C)(C)C)n1)CC2. The van der Waals surface area contributed by atoms with Crippen molar-refractivity contribution < 1.29 is 28.9 Å². The highest BCUT2D eigenvalue weighted by molar-refractivity contribution is 6.12. The van der Waals surface area contributed by atoms with Crippen molar-refractivity contribution in [3.63, 3.8) is 0 Å². The molecule has 51 heavy (non-hydrogen) atoms. The number of aromatic nitrogens is 1. The first-order chi connectivity index (χ1) is 23.8. The van der Waals surface area contributed by atoms with Crippen LogP contribution < -0.4 is 10.2 Å². The Kier molecular flexibility index (Phi) is 10.8. The largest absolute Gasteiger partial charge is 0.465 e. The van der Waals surface area contributed by atoms with E-state index in [2.05, 4.69) is 37.9 Å². The number of aliphatic hydroxyl groups excluding tert-OH is 1. The number of benzene rings is 1. The summed E-state index contributed by atoms with van der Waals surface area (Å²) in [5, 5.41) is 21.8. The van der Waals surface area contributed by atoms with E-state index in [0.717, 1.165) is 48.9 Å². The lowest BCUT2D eigenvalue weighted by Gasteiger charge is -2.61. The Morgan fingerprint density at radius 2 is 1.76 bits per heavy atom. The number of allylic oxidation sites excluding steroid dienone is 2. The predicted molar refractivity (Wildman–Crippen MR) is 200 cm³/mol. The first-order valence-corrected chi connectivity index (χ1v) is 18.2. The second-order valence-electron chi connectivity index (χ2n) is 17.6. The second-order valence-corrected chi connectivity index (χ2v) is 17.6. The van der Waals surface area contributed by atoms with Crippen LogP contribution in [0.25, 0.3) is 5.57 Å². The molecule has 10 heteroatoms. The maximum absolute atomic E-state index is 13.8. The predicted octanol–water partition coefficient (Wildman–Crippen LogP) is 7.12. The summed E-state index contributed by atoms with van der Waals surface area (Å²) in [5.41, 5.74) is 3.59. The summed E-state index contributed by atoms with van der Waals surface area (Å²) >= 11 is 0. The second kappa shape index (κ2) is 14.3. The topological polar surface area (TPSA) is 134 Å². The van der Waals surface area contributed by atoms with E-state index in [0.29, 0.717) is 55.2 Å².